The number of aromatic nitrogens is 2. The summed E-state index contributed by atoms with van der Waals surface area (Å²) < 4.78 is 0. The van der Waals surface area contributed by atoms with Crippen LogP contribution in [0.1, 0.15) is 51.0 Å². The van der Waals surface area contributed by atoms with Crippen LogP contribution in [-0.2, 0) is 0 Å². The molecule has 1 aromatic carbocycles. The maximum absolute atomic E-state index is 12.0. The number of hydrogen-bond acceptors (Lipinski definition) is 4. The number of nitro groups is 1. The maximum Gasteiger partial charge on any atom is 0.278 e. The van der Waals surface area contributed by atoms with Crippen LogP contribution in [0.2, 0.25) is 0 Å². The van der Waals surface area contributed by atoms with Gasteiger partial charge in [0.05, 0.1) is 16.2 Å². The summed E-state index contributed by atoms with van der Waals surface area (Å²) in [5.74, 6) is -0.140. The number of benzene rings is 1. The van der Waals surface area contributed by atoms with E-state index in [-0.39, 0.29) is 17.4 Å². The van der Waals surface area contributed by atoms with Crippen LogP contribution < -0.4 is 0 Å². The number of nitrogens with zero attached hydrogens (tertiary/aromatic N) is 2. The van der Waals surface area contributed by atoms with E-state index in [1.165, 1.54) is 12.5 Å². The minimum absolute atomic E-state index is 0.0264. The second-order valence-electron chi connectivity index (χ2n) is 5.32. The van der Waals surface area contributed by atoms with E-state index in [4.69, 9.17) is 0 Å². The number of hydrogen-bond donors (Lipinski definition) is 1. The van der Waals surface area contributed by atoms with Crippen LogP contribution in [-0.4, -0.2) is 20.9 Å². The molecule has 23 heavy (non-hydrogen) atoms. The smallest absolute Gasteiger partial charge is 0.278 e. The number of aromatic amines is 1. The SMILES string of the molecule is CCC.CCC(C)C(=O)c1cc(-c2ccccc2[N+](=O)[O-])n[nH]1. The van der Waals surface area contributed by atoms with Gasteiger partial charge in [0.15, 0.2) is 5.78 Å². The molecule has 0 saturated heterocycles. The Morgan fingerprint density at radius 1 is 1.30 bits per heavy atom. The molecule has 0 spiro atoms. The van der Waals surface area contributed by atoms with Crippen molar-refractivity contribution in [2.75, 3.05) is 0 Å². The van der Waals surface area contributed by atoms with Crippen LogP contribution in [0, 0.1) is 16.0 Å². The third-order valence-corrected chi connectivity index (χ3v) is 3.28. The molecule has 0 saturated carbocycles. The fourth-order valence-electron chi connectivity index (χ4n) is 1.89. The third kappa shape index (κ3) is 4.74. The fraction of sp³-hybridized carbons (Fsp3) is 0.412. The molecule has 1 aromatic heterocycles. The van der Waals surface area contributed by atoms with Crippen molar-refractivity contribution in [1.29, 1.82) is 0 Å². The number of carbonyl (C=O) groups excluding carboxylic acids is 1. The number of Topliss-reactive ketones (excluding diaryl/α,β-unsaturated/α-hetero) is 1. The molecule has 0 fully saturated rings. The van der Waals surface area contributed by atoms with Gasteiger partial charge in [-0.1, -0.05) is 46.2 Å². The van der Waals surface area contributed by atoms with Crippen molar-refractivity contribution in [2.45, 2.75) is 40.5 Å². The molecule has 0 amide bonds. The Bertz CT molecular complexity index is 665. The highest BCUT2D eigenvalue weighted by molar-refractivity contribution is 5.96. The van der Waals surface area contributed by atoms with E-state index in [9.17, 15) is 14.9 Å². The van der Waals surface area contributed by atoms with E-state index in [2.05, 4.69) is 24.0 Å². The summed E-state index contributed by atoms with van der Waals surface area (Å²) in [4.78, 5) is 22.6. The zero-order valence-electron chi connectivity index (χ0n) is 14.0. The highest BCUT2D eigenvalue weighted by Gasteiger charge is 2.20. The van der Waals surface area contributed by atoms with E-state index in [0.29, 0.717) is 17.0 Å². The van der Waals surface area contributed by atoms with Gasteiger partial charge in [0.25, 0.3) is 5.69 Å². The Kier molecular flexibility index (Phi) is 7.12. The van der Waals surface area contributed by atoms with Crippen molar-refractivity contribution in [1.82, 2.24) is 10.2 Å². The lowest BCUT2D eigenvalue weighted by atomic mass is 10.0. The van der Waals surface area contributed by atoms with Gasteiger partial charge >= 0.3 is 0 Å². The highest BCUT2D eigenvalue weighted by atomic mass is 16.6. The summed E-state index contributed by atoms with van der Waals surface area (Å²) in [7, 11) is 0. The Morgan fingerprint density at radius 3 is 2.48 bits per heavy atom. The molecule has 0 aliphatic rings. The Hall–Kier alpha value is -2.50. The van der Waals surface area contributed by atoms with E-state index < -0.39 is 4.92 Å². The van der Waals surface area contributed by atoms with Crippen LogP contribution >= 0.6 is 0 Å². The number of para-hydroxylation sites is 1. The molecule has 2 aromatic rings. The van der Waals surface area contributed by atoms with Gasteiger partial charge in [-0.2, -0.15) is 5.10 Å². The predicted molar refractivity (Wildman–Crippen MR) is 90.4 cm³/mol. The van der Waals surface area contributed by atoms with Crippen molar-refractivity contribution >= 4 is 11.5 Å². The van der Waals surface area contributed by atoms with E-state index in [1.807, 2.05) is 13.8 Å². The molecule has 0 bridgehead atoms. The summed E-state index contributed by atoms with van der Waals surface area (Å²) in [5.41, 5.74) is 1.16. The lowest BCUT2D eigenvalue weighted by Crippen LogP contribution is -2.10. The number of nitro benzene ring substituents is 1. The summed E-state index contributed by atoms with van der Waals surface area (Å²) in [6, 6.07) is 7.90. The second kappa shape index (κ2) is 8.82. The first-order chi connectivity index (χ1) is 11.0. The standard InChI is InChI=1S/C14H15N3O3.C3H8/c1-3-9(2)14(18)12-8-11(15-16-12)10-6-4-5-7-13(10)17(19)20;1-3-2/h4-9H,3H2,1-2H3,(H,15,16);3H2,1-2H3. The Labute approximate surface area is 136 Å². The van der Waals surface area contributed by atoms with Gasteiger partial charge in [-0.15, -0.1) is 0 Å². The summed E-state index contributed by atoms with van der Waals surface area (Å²) in [6.07, 6.45) is 1.98. The van der Waals surface area contributed by atoms with Gasteiger partial charge in [-0.25, -0.2) is 0 Å². The van der Waals surface area contributed by atoms with E-state index in [1.54, 1.807) is 24.3 Å². The molecule has 1 heterocycles. The molecule has 1 N–H and O–H groups in total. The van der Waals surface area contributed by atoms with Gasteiger partial charge in [0.1, 0.15) is 5.69 Å². The van der Waals surface area contributed by atoms with Crippen LogP contribution in [0.5, 0.6) is 0 Å². The monoisotopic (exact) mass is 317 g/mol. The van der Waals surface area contributed by atoms with Gasteiger partial charge < -0.3 is 0 Å². The largest absolute Gasteiger partial charge is 0.292 e. The highest BCUT2D eigenvalue weighted by Crippen LogP contribution is 2.28. The molecular weight excluding hydrogens is 294 g/mol. The van der Waals surface area contributed by atoms with Crippen molar-refractivity contribution in [3.05, 3.63) is 46.1 Å². The normalized spacial score (nSPS) is 11.3. The zero-order valence-corrected chi connectivity index (χ0v) is 14.0. The second-order valence-corrected chi connectivity index (χ2v) is 5.32. The topological polar surface area (TPSA) is 88.9 Å². The first-order valence-electron chi connectivity index (χ1n) is 7.79. The number of carbonyl (C=O) groups is 1. The average Bonchev–Trinajstić information content (AvgIpc) is 3.04. The average molecular weight is 317 g/mol. The van der Waals surface area contributed by atoms with E-state index in [0.717, 1.165) is 6.42 Å². The first-order valence-corrected chi connectivity index (χ1v) is 7.79. The third-order valence-electron chi connectivity index (χ3n) is 3.28. The molecule has 124 valence electrons. The molecule has 0 aliphatic heterocycles. The van der Waals surface area contributed by atoms with Crippen LogP contribution in [0.25, 0.3) is 11.3 Å². The predicted octanol–water partition coefficient (Wildman–Crippen LogP) is 4.63. The summed E-state index contributed by atoms with van der Waals surface area (Å²) in [5, 5.41) is 17.7. The number of rotatable bonds is 5. The van der Waals surface area contributed by atoms with E-state index >= 15 is 0 Å². The van der Waals surface area contributed by atoms with Crippen molar-refractivity contribution in [2.24, 2.45) is 5.92 Å². The number of nitrogens with one attached hydrogen (secondary N) is 1. The lowest BCUT2D eigenvalue weighted by molar-refractivity contribution is -0.384. The summed E-state index contributed by atoms with van der Waals surface area (Å²) in [6.45, 7) is 8.02. The van der Waals surface area contributed by atoms with Gasteiger partial charge in [0, 0.05) is 12.0 Å². The minimum Gasteiger partial charge on any atom is -0.292 e. The molecule has 6 nitrogen and oxygen atoms in total. The Balaban J connectivity index is 0.000000816. The lowest BCUT2D eigenvalue weighted by Gasteiger charge is -2.03. The fourth-order valence-corrected chi connectivity index (χ4v) is 1.89. The zero-order chi connectivity index (χ0) is 17.4. The van der Waals surface area contributed by atoms with Gasteiger partial charge in [-0.3, -0.25) is 20.0 Å². The number of ketones is 1. The molecule has 6 heteroatoms. The van der Waals surface area contributed by atoms with Gasteiger partial charge in [0.2, 0.25) is 0 Å². The minimum atomic E-state index is -0.458. The quantitative estimate of drug-likeness (QED) is 0.494. The molecular formula is C17H23N3O3. The Morgan fingerprint density at radius 2 is 1.91 bits per heavy atom. The molecule has 1 atom stereocenters. The van der Waals surface area contributed by atoms with Crippen LogP contribution in [0.15, 0.2) is 30.3 Å². The molecule has 2 rings (SSSR count). The number of H-pyrrole nitrogens is 1. The van der Waals surface area contributed by atoms with Crippen LogP contribution in [0.3, 0.4) is 0 Å². The summed E-state index contributed by atoms with van der Waals surface area (Å²) >= 11 is 0. The van der Waals surface area contributed by atoms with Crippen LogP contribution in [0.4, 0.5) is 5.69 Å². The maximum atomic E-state index is 12.0. The first kappa shape index (κ1) is 18.5. The molecule has 0 aliphatic carbocycles. The molecule has 1 unspecified atom stereocenters. The van der Waals surface area contributed by atoms with Crippen molar-refractivity contribution < 1.29 is 9.72 Å². The van der Waals surface area contributed by atoms with Crippen molar-refractivity contribution in [3.8, 4) is 11.3 Å². The van der Waals surface area contributed by atoms with Gasteiger partial charge in [-0.05, 0) is 18.6 Å². The molecule has 0 radical (unpaired) electrons. The van der Waals surface area contributed by atoms with Crippen molar-refractivity contribution in [3.63, 3.8) is 0 Å².